The van der Waals surface area contributed by atoms with Crippen LogP contribution in [0.1, 0.15) is 12.5 Å². The summed E-state index contributed by atoms with van der Waals surface area (Å²) in [6.07, 6.45) is 0. The molecule has 1 aliphatic heterocycles. The molecule has 1 unspecified atom stereocenters. The second kappa shape index (κ2) is 10.1. The van der Waals surface area contributed by atoms with Crippen LogP contribution in [-0.2, 0) is 15.1 Å². The number of para-hydroxylation sites is 1. The zero-order valence-electron chi connectivity index (χ0n) is 18.5. The van der Waals surface area contributed by atoms with Crippen molar-refractivity contribution in [1.82, 2.24) is 10.2 Å². The molecule has 1 saturated heterocycles. The van der Waals surface area contributed by atoms with Gasteiger partial charge in [-0.15, -0.1) is 0 Å². The highest BCUT2D eigenvalue weighted by atomic mass is 32.2. The van der Waals surface area contributed by atoms with Crippen molar-refractivity contribution in [3.8, 4) is 5.75 Å². The Labute approximate surface area is 204 Å². The number of amides is 4. The maximum absolute atomic E-state index is 13.1. The highest BCUT2D eigenvalue weighted by Crippen LogP contribution is 2.34. The Morgan fingerprint density at radius 2 is 1.69 bits per heavy atom. The van der Waals surface area contributed by atoms with Gasteiger partial charge in [-0.2, -0.15) is 8.78 Å². The second-order valence-corrected chi connectivity index (χ2v) is 8.92. The molecule has 180 valence electrons. The minimum Gasteiger partial charge on any atom is -0.435 e. The van der Waals surface area contributed by atoms with Gasteiger partial charge in [-0.05, 0) is 48.9 Å². The van der Waals surface area contributed by atoms with Crippen molar-refractivity contribution < 1.29 is 27.9 Å². The SMILES string of the molecule is CC1(c2ccc(OC(F)F)cc2)NC(=O)N(CC(=O)Nc2ccccc2Sc2ccccc2)C1=O. The first-order chi connectivity index (χ1) is 16.8. The summed E-state index contributed by atoms with van der Waals surface area (Å²) in [6.45, 7) is -1.98. The lowest BCUT2D eigenvalue weighted by atomic mass is 9.92. The number of carbonyl (C=O) groups is 3. The third-order valence-electron chi connectivity index (χ3n) is 5.37. The van der Waals surface area contributed by atoms with Crippen LogP contribution in [0.4, 0.5) is 19.3 Å². The van der Waals surface area contributed by atoms with Crippen molar-refractivity contribution in [3.63, 3.8) is 0 Å². The molecule has 4 rings (SSSR count). The molecule has 0 aromatic heterocycles. The van der Waals surface area contributed by atoms with Gasteiger partial charge < -0.3 is 15.4 Å². The fourth-order valence-electron chi connectivity index (χ4n) is 3.61. The van der Waals surface area contributed by atoms with E-state index in [1.165, 1.54) is 43.0 Å². The van der Waals surface area contributed by atoms with E-state index in [2.05, 4.69) is 15.4 Å². The van der Waals surface area contributed by atoms with E-state index >= 15 is 0 Å². The van der Waals surface area contributed by atoms with Crippen LogP contribution >= 0.6 is 11.8 Å². The summed E-state index contributed by atoms with van der Waals surface area (Å²) in [7, 11) is 0. The number of hydrogen-bond acceptors (Lipinski definition) is 5. The molecular weight excluding hydrogens is 476 g/mol. The molecular formula is C25H21F2N3O4S. The molecule has 2 N–H and O–H groups in total. The van der Waals surface area contributed by atoms with E-state index in [1.807, 2.05) is 42.5 Å². The number of anilines is 1. The van der Waals surface area contributed by atoms with Gasteiger partial charge in [0.15, 0.2) is 0 Å². The normalized spacial score (nSPS) is 17.4. The molecule has 0 spiro atoms. The molecule has 7 nitrogen and oxygen atoms in total. The van der Waals surface area contributed by atoms with Gasteiger partial charge in [0.05, 0.1) is 5.69 Å². The number of nitrogens with zero attached hydrogens (tertiary/aromatic N) is 1. The maximum atomic E-state index is 13.1. The number of ether oxygens (including phenoxy) is 1. The van der Waals surface area contributed by atoms with Crippen molar-refractivity contribution in [2.24, 2.45) is 0 Å². The molecule has 3 aromatic rings. The van der Waals surface area contributed by atoms with Crippen molar-refractivity contribution in [1.29, 1.82) is 0 Å². The van der Waals surface area contributed by atoms with Gasteiger partial charge in [0.25, 0.3) is 5.91 Å². The lowest BCUT2D eigenvalue weighted by Gasteiger charge is -2.22. The Bertz CT molecular complexity index is 1240. The first kappa shape index (κ1) is 24.2. The van der Waals surface area contributed by atoms with Crippen LogP contribution in [0.15, 0.2) is 88.7 Å². The lowest BCUT2D eigenvalue weighted by Crippen LogP contribution is -2.42. The number of nitrogens with one attached hydrogen (secondary N) is 2. The zero-order chi connectivity index (χ0) is 25.0. The smallest absolute Gasteiger partial charge is 0.387 e. The Morgan fingerprint density at radius 1 is 1.03 bits per heavy atom. The summed E-state index contributed by atoms with van der Waals surface area (Å²) in [5.74, 6) is -1.25. The number of alkyl halides is 2. The number of rotatable bonds is 8. The maximum Gasteiger partial charge on any atom is 0.387 e. The van der Waals surface area contributed by atoms with Crippen LogP contribution in [0, 0.1) is 0 Å². The fourth-order valence-corrected chi connectivity index (χ4v) is 4.54. The van der Waals surface area contributed by atoms with Crippen LogP contribution < -0.4 is 15.4 Å². The van der Waals surface area contributed by atoms with Crippen molar-refractivity contribution in [2.45, 2.75) is 28.9 Å². The predicted molar refractivity (Wildman–Crippen MR) is 126 cm³/mol. The monoisotopic (exact) mass is 497 g/mol. The molecule has 35 heavy (non-hydrogen) atoms. The molecule has 3 aromatic carbocycles. The molecule has 0 aliphatic carbocycles. The molecule has 0 bridgehead atoms. The number of hydrogen-bond donors (Lipinski definition) is 2. The van der Waals surface area contributed by atoms with Crippen LogP contribution in [0.5, 0.6) is 5.75 Å². The molecule has 0 saturated carbocycles. The highest BCUT2D eigenvalue weighted by Gasteiger charge is 2.49. The first-order valence-electron chi connectivity index (χ1n) is 10.6. The Kier molecular flexibility index (Phi) is 7.02. The number of carbonyl (C=O) groups excluding carboxylic acids is 3. The minimum absolute atomic E-state index is 0.0765. The van der Waals surface area contributed by atoms with E-state index in [1.54, 1.807) is 12.1 Å². The largest absolute Gasteiger partial charge is 0.435 e. The zero-order valence-corrected chi connectivity index (χ0v) is 19.4. The quantitative estimate of drug-likeness (QED) is 0.435. The number of urea groups is 1. The minimum atomic E-state index is -2.98. The number of halogens is 2. The van der Waals surface area contributed by atoms with E-state index in [-0.39, 0.29) is 5.75 Å². The molecule has 0 radical (unpaired) electrons. The van der Waals surface area contributed by atoms with E-state index in [9.17, 15) is 23.2 Å². The Hall–Kier alpha value is -3.92. The Balaban J connectivity index is 1.45. The molecule has 1 aliphatic rings. The number of imide groups is 1. The average molecular weight is 498 g/mol. The molecule has 1 atom stereocenters. The van der Waals surface area contributed by atoms with Crippen molar-refractivity contribution in [3.05, 3.63) is 84.4 Å². The van der Waals surface area contributed by atoms with Crippen molar-refractivity contribution >= 4 is 35.3 Å². The van der Waals surface area contributed by atoms with Gasteiger partial charge in [-0.1, -0.05) is 54.2 Å². The van der Waals surface area contributed by atoms with Crippen molar-refractivity contribution in [2.75, 3.05) is 11.9 Å². The molecule has 10 heteroatoms. The summed E-state index contributed by atoms with van der Waals surface area (Å²) >= 11 is 1.47. The van der Waals surface area contributed by atoms with Crippen LogP contribution in [0.3, 0.4) is 0 Å². The fraction of sp³-hybridized carbons (Fsp3) is 0.160. The van der Waals surface area contributed by atoms with Gasteiger partial charge >= 0.3 is 12.6 Å². The van der Waals surface area contributed by atoms with E-state index in [0.29, 0.717) is 11.3 Å². The predicted octanol–water partition coefficient (Wildman–Crippen LogP) is 4.84. The first-order valence-corrected chi connectivity index (χ1v) is 11.4. The van der Waals surface area contributed by atoms with Gasteiger partial charge in [0.2, 0.25) is 5.91 Å². The molecule has 1 heterocycles. The summed E-state index contributed by atoms with van der Waals surface area (Å²) in [6, 6.07) is 21.5. The van der Waals surface area contributed by atoms with Gasteiger partial charge in [-0.25, -0.2) is 4.79 Å². The molecule has 4 amide bonds. The third kappa shape index (κ3) is 5.43. The van der Waals surface area contributed by atoms with E-state index < -0.39 is 36.5 Å². The third-order valence-corrected chi connectivity index (χ3v) is 6.45. The average Bonchev–Trinajstić information content (AvgIpc) is 3.05. The van der Waals surface area contributed by atoms with E-state index in [0.717, 1.165) is 14.7 Å². The summed E-state index contributed by atoms with van der Waals surface area (Å²) < 4.78 is 29.1. The van der Waals surface area contributed by atoms with Gasteiger partial charge in [0.1, 0.15) is 17.8 Å². The molecule has 1 fully saturated rings. The standard InChI is InChI=1S/C25H21F2N3O4S/c1-25(16-11-13-17(14-12-16)34-23(26)27)22(32)30(24(33)29-25)15-21(31)28-19-9-5-6-10-20(19)35-18-7-3-2-4-8-18/h2-14,23H,15H2,1H3,(H,28,31)(H,29,33). The summed E-state index contributed by atoms with van der Waals surface area (Å²) in [5.41, 5.74) is -0.539. The van der Waals surface area contributed by atoms with E-state index in [4.69, 9.17) is 0 Å². The second-order valence-electron chi connectivity index (χ2n) is 7.81. The lowest BCUT2D eigenvalue weighted by molar-refractivity contribution is -0.133. The topological polar surface area (TPSA) is 87.7 Å². The van der Waals surface area contributed by atoms with Crippen LogP contribution in [0.2, 0.25) is 0 Å². The van der Waals surface area contributed by atoms with Gasteiger partial charge in [-0.3, -0.25) is 14.5 Å². The summed E-state index contributed by atoms with van der Waals surface area (Å²) in [5, 5.41) is 5.35. The van der Waals surface area contributed by atoms with Crippen LogP contribution in [-0.4, -0.2) is 35.9 Å². The number of benzene rings is 3. The summed E-state index contributed by atoms with van der Waals surface area (Å²) in [4.78, 5) is 41.1. The Morgan fingerprint density at radius 3 is 2.37 bits per heavy atom. The highest BCUT2D eigenvalue weighted by molar-refractivity contribution is 7.99. The van der Waals surface area contributed by atoms with Gasteiger partial charge in [0, 0.05) is 9.79 Å². The van der Waals surface area contributed by atoms with Crippen LogP contribution in [0.25, 0.3) is 0 Å².